The van der Waals surface area contributed by atoms with Crippen LogP contribution in [0.25, 0.3) is 65.4 Å². The third-order valence-electron chi connectivity index (χ3n) is 11.5. The van der Waals surface area contributed by atoms with Gasteiger partial charge < -0.3 is 18.6 Å². The normalized spacial score (nSPS) is 11.8. The summed E-state index contributed by atoms with van der Waals surface area (Å²) in [5, 5.41) is 8.93. The summed E-state index contributed by atoms with van der Waals surface area (Å²) in [7, 11) is 0. The Hall–Kier alpha value is -7.30. The Morgan fingerprint density at radius 2 is 0.603 bits per heavy atom. The molecule has 4 nitrogen and oxygen atoms in total. The first-order chi connectivity index (χ1) is 28.3. The van der Waals surface area contributed by atoms with Gasteiger partial charge in [-0.2, -0.15) is 0 Å². The number of rotatable bonds is 6. The van der Waals surface area contributed by atoms with Crippen molar-refractivity contribution in [1.82, 2.24) is 0 Å². The second-order valence-electron chi connectivity index (χ2n) is 15.8. The van der Waals surface area contributed by atoms with E-state index in [9.17, 15) is 0 Å². The summed E-state index contributed by atoms with van der Waals surface area (Å²) in [6.45, 7) is 8.56. The number of furan rings is 2. The molecule has 0 unspecified atom stereocenters. The maximum absolute atomic E-state index is 6.61. The average molecular weight is 749 g/mol. The molecule has 0 spiro atoms. The van der Waals surface area contributed by atoms with Crippen LogP contribution >= 0.6 is 0 Å². The van der Waals surface area contributed by atoms with Crippen molar-refractivity contribution in [3.05, 3.63) is 192 Å². The van der Waals surface area contributed by atoms with Crippen LogP contribution in [0.3, 0.4) is 0 Å². The molecule has 2 heterocycles. The van der Waals surface area contributed by atoms with Gasteiger partial charge >= 0.3 is 0 Å². The molecule has 4 heteroatoms. The highest BCUT2D eigenvalue weighted by Gasteiger charge is 2.19. The van der Waals surface area contributed by atoms with Gasteiger partial charge in [0.2, 0.25) is 0 Å². The molecule has 0 aliphatic rings. The maximum atomic E-state index is 6.61. The fourth-order valence-electron chi connectivity index (χ4n) is 8.75. The van der Waals surface area contributed by atoms with E-state index in [1.807, 2.05) is 0 Å². The van der Waals surface area contributed by atoms with Crippen LogP contribution < -0.4 is 9.80 Å². The number of hydrogen-bond acceptors (Lipinski definition) is 4. The van der Waals surface area contributed by atoms with Crippen molar-refractivity contribution in [2.24, 2.45) is 0 Å². The fourth-order valence-corrected chi connectivity index (χ4v) is 8.75. The van der Waals surface area contributed by atoms with E-state index < -0.39 is 0 Å². The van der Waals surface area contributed by atoms with Gasteiger partial charge in [-0.05, 0) is 175 Å². The van der Waals surface area contributed by atoms with Crippen molar-refractivity contribution in [3.63, 3.8) is 0 Å². The Labute approximate surface area is 336 Å². The predicted molar refractivity (Wildman–Crippen MR) is 244 cm³/mol. The highest BCUT2D eigenvalue weighted by atomic mass is 16.3. The van der Waals surface area contributed by atoms with E-state index >= 15 is 0 Å². The molecule has 0 aliphatic heterocycles. The lowest BCUT2D eigenvalue weighted by molar-refractivity contribution is 0.656. The smallest absolute Gasteiger partial charge is 0.139 e. The van der Waals surface area contributed by atoms with Gasteiger partial charge in [-0.15, -0.1) is 0 Å². The molecule has 0 saturated carbocycles. The maximum Gasteiger partial charge on any atom is 0.139 e. The van der Waals surface area contributed by atoms with E-state index in [-0.39, 0.29) is 0 Å². The third-order valence-corrected chi connectivity index (χ3v) is 11.5. The summed E-state index contributed by atoms with van der Waals surface area (Å²) in [6.07, 6.45) is 0. The van der Waals surface area contributed by atoms with Crippen LogP contribution in [-0.2, 0) is 0 Å². The Kier molecular flexibility index (Phi) is 7.70. The van der Waals surface area contributed by atoms with Crippen molar-refractivity contribution >= 4 is 99.5 Å². The molecule has 0 saturated heterocycles. The number of hydrogen-bond donors (Lipinski definition) is 0. The molecule has 0 N–H and O–H groups in total. The zero-order chi connectivity index (χ0) is 39.1. The minimum Gasteiger partial charge on any atom is -0.456 e. The molecule has 0 fully saturated rings. The lowest BCUT2D eigenvalue weighted by Crippen LogP contribution is -2.10. The predicted octanol–water partition coefficient (Wildman–Crippen LogP) is 16.0. The molecule has 9 aromatic carbocycles. The summed E-state index contributed by atoms with van der Waals surface area (Å²) in [4.78, 5) is 4.66. The Bertz CT molecular complexity index is 3110. The zero-order valence-corrected chi connectivity index (χ0v) is 32.9. The summed E-state index contributed by atoms with van der Waals surface area (Å²) in [6, 6.07) is 61.3. The first kappa shape index (κ1) is 34.0. The largest absolute Gasteiger partial charge is 0.456 e. The van der Waals surface area contributed by atoms with Gasteiger partial charge in [0.05, 0.1) is 0 Å². The first-order valence-corrected chi connectivity index (χ1v) is 19.9. The monoisotopic (exact) mass is 748 g/mol. The highest BCUT2D eigenvalue weighted by Crippen LogP contribution is 2.43. The van der Waals surface area contributed by atoms with Crippen LogP contribution in [0.15, 0.2) is 179 Å². The first-order valence-electron chi connectivity index (χ1n) is 19.9. The molecular weight excluding hydrogens is 709 g/mol. The van der Waals surface area contributed by atoms with E-state index in [2.05, 4.69) is 207 Å². The van der Waals surface area contributed by atoms with Crippen molar-refractivity contribution in [3.8, 4) is 0 Å². The SMILES string of the molecule is Cc1cccc(N(c2cccc(C)c2)c2ccc3cc4c(cc3c2)oc2cc3oc5cc6cc(N(c7cccc(C)c7)c7cccc(C)c7)ccc6cc5c3cc24)c1. The van der Waals surface area contributed by atoms with Crippen molar-refractivity contribution in [2.45, 2.75) is 27.7 Å². The lowest BCUT2D eigenvalue weighted by Gasteiger charge is -2.26. The molecule has 0 amide bonds. The molecule has 0 aliphatic carbocycles. The van der Waals surface area contributed by atoms with Crippen LogP contribution in [0.5, 0.6) is 0 Å². The van der Waals surface area contributed by atoms with Gasteiger partial charge in [0.25, 0.3) is 0 Å². The van der Waals surface area contributed by atoms with Gasteiger partial charge in [-0.3, -0.25) is 0 Å². The second kappa shape index (κ2) is 13.1. The topological polar surface area (TPSA) is 32.8 Å². The standard InChI is InChI=1S/C54H40N2O2/c1-33-9-5-13-41(21-33)55(42-14-6-10-34(2)22-42)45-19-17-37-27-47-49-31-50-48-28-38-18-20-46(56(43-15-7-11-35(3)23-43)44-16-8-12-36(4)24-44)26-40(38)30-52(48)58-54(50)32-53(49)57-51(47)29-39(37)25-45/h5-32H,1-4H3. The van der Waals surface area contributed by atoms with Gasteiger partial charge in [0.15, 0.2) is 0 Å². The van der Waals surface area contributed by atoms with E-state index in [1.54, 1.807) is 0 Å². The molecule has 2 aromatic heterocycles. The number of benzene rings is 9. The Morgan fingerprint density at radius 1 is 0.276 bits per heavy atom. The van der Waals surface area contributed by atoms with Gasteiger partial charge in [0.1, 0.15) is 22.3 Å². The van der Waals surface area contributed by atoms with E-state index in [0.29, 0.717) is 0 Å². The summed E-state index contributed by atoms with van der Waals surface area (Å²) < 4.78 is 13.2. The van der Waals surface area contributed by atoms with Crippen molar-refractivity contribution in [1.29, 1.82) is 0 Å². The summed E-state index contributed by atoms with van der Waals surface area (Å²) in [5.74, 6) is 0. The number of anilines is 6. The van der Waals surface area contributed by atoms with E-state index in [0.717, 1.165) is 99.5 Å². The fraction of sp³-hybridized carbons (Fsp3) is 0.0741. The number of aryl methyl sites for hydroxylation is 4. The molecule has 0 atom stereocenters. The van der Waals surface area contributed by atoms with Crippen molar-refractivity contribution in [2.75, 3.05) is 9.80 Å². The molecule has 0 bridgehead atoms. The van der Waals surface area contributed by atoms with Gasteiger partial charge in [-0.25, -0.2) is 0 Å². The second-order valence-corrected chi connectivity index (χ2v) is 15.8. The summed E-state index contributed by atoms with van der Waals surface area (Å²) >= 11 is 0. The van der Waals surface area contributed by atoms with Crippen LogP contribution in [0.2, 0.25) is 0 Å². The molecule has 58 heavy (non-hydrogen) atoms. The van der Waals surface area contributed by atoms with Gasteiger partial charge in [0, 0.05) is 61.7 Å². The lowest BCUT2D eigenvalue weighted by atomic mass is 10.0. The van der Waals surface area contributed by atoms with E-state index in [1.165, 1.54) is 22.3 Å². The van der Waals surface area contributed by atoms with Gasteiger partial charge in [-0.1, -0.05) is 60.7 Å². The highest BCUT2D eigenvalue weighted by molar-refractivity contribution is 6.18. The molecule has 11 rings (SSSR count). The minimum absolute atomic E-state index is 0.817. The Morgan fingerprint density at radius 3 is 0.966 bits per heavy atom. The average Bonchev–Trinajstić information content (AvgIpc) is 3.74. The van der Waals surface area contributed by atoms with Crippen LogP contribution in [-0.4, -0.2) is 0 Å². The minimum atomic E-state index is 0.817. The third kappa shape index (κ3) is 5.76. The van der Waals surface area contributed by atoms with Crippen LogP contribution in [0.4, 0.5) is 34.1 Å². The van der Waals surface area contributed by atoms with E-state index in [4.69, 9.17) is 8.83 Å². The number of nitrogens with zero attached hydrogens (tertiary/aromatic N) is 2. The molecular formula is C54H40N2O2. The molecule has 0 radical (unpaired) electrons. The van der Waals surface area contributed by atoms with Crippen molar-refractivity contribution < 1.29 is 8.83 Å². The quantitative estimate of drug-likeness (QED) is 0.170. The van der Waals surface area contributed by atoms with Crippen LogP contribution in [0, 0.1) is 27.7 Å². The number of fused-ring (bicyclic) bond motifs is 8. The molecule has 11 aromatic rings. The van der Waals surface area contributed by atoms with Crippen LogP contribution in [0.1, 0.15) is 22.3 Å². The Balaban J connectivity index is 1.01. The molecule has 278 valence electrons. The zero-order valence-electron chi connectivity index (χ0n) is 32.9. The summed E-state index contributed by atoms with van der Waals surface area (Å²) in [5.41, 5.74) is 15.0.